The summed E-state index contributed by atoms with van der Waals surface area (Å²) in [6.45, 7) is 4.39. The van der Waals surface area contributed by atoms with E-state index in [0.717, 1.165) is 10.7 Å². The van der Waals surface area contributed by atoms with Crippen LogP contribution in [0.1, 0.15) is 13.8 Å². The summed E-state index contributed by atoms with van der Waals surface area (Å²) >= 11 is 1.80. The van der Waals surface area contributed by atoms with E-state index in [9.17, 15) is 0 Å². The molecule has 1 aromatic rings. The minimum Gasteiger partial charge on any atom is -0.242 e. The molecular formula is C12H13NS. The molecule has 0 aromatic heterocycles. The third kappa shape index (κ3) is 2.26. The zero-order valence-electron chi connectivity index (χ0n) is 8.40. The zero-order valence-corrected chi connectivity index (χ0v) is 9.21. The van der Waals surface area contributed by atoms with Crippen molar-refractivity contribution in [2.24, 2.45) is 4.99 Å². The molecule has 14 heavy (non-hydrogen) atoms. The molecule has 0 unspecified atom stereocenters. The summed E-state index contributed by atoms with van der Waals surface area (Å²) in [4.78, 5) is 4.55. The first-order valence-electron chi connectivity index (χ1n) is 4.68. The van der Waals surface area contributed by atoms with Crippen LogP contribution in [0.3, 0.4) is 0 Å². The van der Waals surface area contributed by atoms with Gasteiger partial charge in [0.2, 0.25) is 0 Å². The average Bonchev–Trinajstić information content (AvgIpc) is 2.47. The maximum atomic E-state index is 4.55. The Balaban J connectivity index is 2.19. The largest absolute Gasteiger partial charge is 0.242 e. The summed E-state index contributed by atoms with van der Waals surface area (Å²) in [5.41, 5.74) is 1.03. The van der Waals surface area contributed by atoms with E-state index in [4.69, 9.17) is 0 Å². The van der Waals surface area contributed by atoms with E-state index in [1.54, 1.807) is 11.8 Å². The van der Waals surface area contributed by atoms with Crippen LogP contribution >= 0.6 is 11.8 Å². The van der Waals surface area contributed by atoms with Gasteiger partial charge in [-0.25, -0.2) is 4.99 Å². The van der Waals surface area contributed by atoms with Crippen LogP contribution in [-0.2, 0) is 0 Å². The lowest BCUT2D eigenvalue weighted by atomic mass is 10.2. The van der Waals surface area contributed by atoms with Crippen LogP contribution in [0.25, 0.3) is 0 Å². The third-order valence-electron chi connectivity index (χ3n) is 1.99. The van der Waals surface area contributed by atoms with Crippen molar-refractivity contribution in [3.05, 3.63) is 42.5 Å². The molecule has 0 radical (unpaired) electrons. The predicted molar refractivity (Wildman–Crippen MR) is 64.3 cm³/mol. The second kappa shape index (κ2) is 3.62. The first-order valence-corrected chi connectivity index (χ1v) is 5.49. The summed E-state index contributed by atoms with van der Waals surface area (Å²) in [7, 11) is 0. The van der Waals surface area contributed by atoms with Crippen LogP contribution in [0.15, 0.2) is 47.5 Å². The maximum absolute atomic E-state index is 4.55. The van der Waals surface area contributed by atoms with Gasteiger partial charge in [-0.05, 0) is 32.1 Å². The normalized spacial score (nSPS) is 21.7. The molecule has 0 saturated heterocycles. The van der Waals surface area contributed by atoms with Crippen LogP contribution in [0, 0.1) is 0 Å². The molecule has 1 nitrogen and oxygen atoms in total. The smallest absolute Gasteiger partial charge is 0.0972 e. The summed E-state index contributed by atoms with van der Waals surface area (Å²) in [5, 5.41) is 1.10. The van der Waals surface area contributed by atoms with E-state index in [-0.39, 0.29) is 4.75 Å². The van der Waals surface area contributed by atoms with Gasteiger partial charge >= 0.3 is 0 Å². The highest BCUT2D eigenvalue weighted by molar-refractivity contribution is 8.16. The lowest BCUT2D eigenvalue weighted by molar-refractivity contribution is 0.911. The highest BCUT2D eigenvalue weighted by Crippen LogP contribution is 2.34. The molecule has 0 amide bonds. The molecule has 0 aliphatic carbocycles. The number of benzene rings is 1. The van der Waals surface area contributed by atoms with E-state index < -0.39 is 0 Å². The fourth-order valence-electron chi connectivity index (χ4n) is 1.30. The van der Waals surface area contributed by atoms with Gasteiger partial charge < -0.3 is 0 Å². The van der Waals surface area contributed by atoms with Crippen molar-refractivity contribution in [2.45, 2.75) is 18.6 Å². The van der Waals surface area contributed by atoms with Gasteiger partial charge in [0, 0.05) is 4.75 Å². The van der Waals surface area contributed by atoms with E-state index in [0.29, 0.717) is 0 Å². The molecule has 1 aliphatic rings. The molecule has 0 spiro atoms. The molecule has 0 atom stereocenters. The van der Waals surface area contributed by atoms with Gasteiger partial charge in [0.05, 0.1) is 10.7 Å². The minimum absolute atomic E-state index is 0.202. The molecule has 0 saturated carbocycles. The number of nitrogens with zero attached hydrogens (tertiary/aromatic N) is 1. The highest BCUT2D eigenvalue weighted by atomic mass is 32.2. The van der Waals surface area contributed by atoms with E-state index in [1.165, 1.54) is 0 Å². The van der Waals surface area contributed by atoms with Gasteiger partial charge in [0.15, 0.2) is 0 Å². The van der Waals surface area contributed by atoms with Gasteiger partial charge in [0.25, 0.3) is 0 Å². The monoisotopic (exact) mass is 203 g/mol. The molecule has 72 valence electrons. The molecule has 0 bridgehead atoms. The number of hydrogen-bond donors (Lipinski definition) is 0. The fraction of sp³-hybridized carbons (Fsp3) is 0.250. The number of para-hydroxylation sites is 1. The lowest BCUT2D eigenvalue weighted by Gasteiger charge is -2.11. The van der Waals surface area contributed by atoms with Crippen molar-refractivity contribution < 1.29 is 0 Å². The van der Waals surface area contributed by atoms with Crippen LogP contribution in [0.4, 0.5) is 5.69 Å². The number of hydrogen-bond acceptors (Lipinski definition) is 2. The van der Waals surface area contributed by atoms with Crippen molar-refractivity contribution in [3.8, 4) is 0 Å². The SMILES string of the molecule is CC1(C)C=CC(=Nc2ccccc2)S1. The van der Waals surface area contributed by atoms with Crippen molar-refractivity contribution in [1.29, 1.82) is 0 Å². The molecule has 1 aromatic carbocycles. The first-order chi connectivity index (χ1) is 6.66. The summed E-state index contributed by atoms with van der Waals surface area (Å²) in [5.74, 6) is 0. The Morgan fingerprint density at radius 1 is 1.14 bits per heavy atom. The van der Waals surface area contributed by atoms with Gasteiger partial charge in [-0.15, -0.1) is 0 Å². The van der Waals surface area contributed by atoms with Gasteiger partial charge in [0.1, 0.15) is 0 Å². The van der Waals surface area contributed by atoms with Crippen molar-refractivity contribution in [1.82, 2.24) is 0 Å². The average molecular weight is 203 g/mol. The number of thioether (sulfide) groups is 1. The van der Waals surface area contributed by atoms with Crippen molar-refractivity contribution >= 4 is 22.5 Å². The molecule has 1 heterocycles. The second-order valence-electron chi connectivity index (χ2n) is 3.82. The Morgan fingerprint density at radius 3 is 2.43 bits per heavy atom. The van der Waals surface area contributed by atoms with Crippen molar-refractivity contribution in [3.63, 3.8) is 0 Å². The van der Waals surface area contributed by atoms with E-state index in [1.807, 2.05) is 30.3 Å². The van der Waals surface area contributed by atoms with Crippen LogP contribution in [-0.4, -0.2) is 9.79 Å². The first kappa shape index (κ1) is 9.53. The molecule has 2 rings (SSSR count). The summed E-state index contributed by atoms with van der Waals surface area (Å²) < 4.78 is 0.202. The zero-order chi connectivity index (χ0) is 10.0. The van der Waals surface area contributed by atoms with E-state index in [2.05, 4.69) is 31.0 Å². The van der Waals surface area contributed by atoms with Crippen LogP contribution in [0.5, 0.6) is 0 Å². The standard InChI is InChI=1S/C12H13NS/c1-12(2)9-8-11(14-12)13-10-6-4-3-5-7-10/h3-9H,1-2H3. The van der Waals surface area contributed by atoms with E-state index >= 15 is 0 Å². The fourth-order valence-corrected chi connectivity index (χ4v) is 2.26. The Labute approximate surface area is 88.9 Å². The summed E-state index contributed by atoms with van der Waals surface area (Å²) in [6.07, 6.45) is 4.29. The second-order valence-corrected chi connectivity index (χ2v) is 5.50. The molecular weight excluding hydrogens is 190 g/mol. The van der Waals surface area contributed by atoms with Crippen LogP contribution < -0.4 is 0 Å². The van der Waals surface area contributed by atoms with Crippen LogP contribution in [0.2, 0.25) is 0 Å². The Bertz CT molecular complexity index is 377. The molecule has 2 heteroatoms. The Kier molecular flexibility index (Phi) is 2.46. The highest BCUT2D eigenvalue weighted by Gasteiger charge is 2.22. The molecule has 0 N–H and O–H groups in total. The minimum atomic E-state index is 0.202. The Hall–Kier alpha value is -1.02. The van der Waals surface area contributed by atoms with Gasteiger partial charge in [-0.2, -0.15) is 0 Å². The topological polar surface area (TPSA) is 12.4 Å². The molecule has 0 fully saturated rings. The quantitative estimate of drug-likeness (QED) is 0.676. The van der Waals surface area contributed by atoms with Gasteiger partial charge in [-0.1, -0.05) is 36.0 Å². The number of rotatable bonds is 1. The molecule has 1 aliphatic heterocycles. The maximum Gasteiger partial charge on any atom is 0.0972 e. The van der Waals surface area contributed by atoms with Crippen molar-refractivity contribution in [2.75, 3.05) is 0 Å². The number of aliphatic imine (C=N–C) groups is 1. The lowest BCUT2D eigenvalue weighted by Crippen LogP contribution is -2.06. The third-order valence-corrected chi connectivity index (χ3v) is 3.09. The van der Waals surface area contributed by atoms with Gasteiger partial charge in [-0.3, -0.25) is 0 Å². The summed E-state index contributed by atoms with van der Waals surface area (Å²) in [6, 6.07) is 10.1. The predicted octanol–water partition coefficient (Wildman–Crippen LogP) is 3.80. The Morgan fingerprint density at radius 2 is 1.86 bits per heavy atom.